The lowest BCUT2D eigenvalue weighted by Crippen LogP contribution is -2.56. The molecule has 1 aromatic heterocycles. The van der Waals surface area contributed by atoms with Crippen molar-refractivity contribution >= 4 is 23.7 Å². The van der Waals surface area contributed by atoms with Crippen LogP contribution in [0, 0.1) is 5.82 Å². The summed E-state index contributed by atoms with van der Waals surface area (Å²) >= 11 is 6.58. The number of nitrogens with zero attached hydrogens (tertiary/aromatic N) is 3. The average Bonchev–Trinajstić information content (AvgIpc) is 2.93. The number of hydrogen-bond donors (Lipinski definition) is 1. The number of benzene rings is 1. The van der Waals surface area contributed by atoms with Gasteiger partial charge < -0.3 is 19.5 Å². The summed E-state index contributed by atoms with van der Waals surface area (Å²) in [5, 5.41) is 9.90. The van der Waals surface area contributed by atoms with Crippen molar-refractivity contribution in [1.29, 1.82) is 0 Å². The molecule has 8 nitrogen and oxygen atoms in total. The Hall–Kier alpha value is -2.91. The topological polar surface area (TPSA) is 92.2 Å². The van der Waals surface area contributed by atoms with Gasteiger partial charge in [-0.05, 0) is 32.9 Å². The predicted molar refractivity (Wildman–Crippen MR) is 119 cm³/mol. The van der Waals surface area contributed by atoms with E-state index < -0.39 is 23.5 Å². The van der Waals surface area contributed by atoms with Gasteiger partial charge >= 0.3 is 12.1 Å². The zero-order chi connectivity index (χ0) is 23.9. The van der Waals surface area contributed by atoms with Crippen LogP contribution in [0.1, 0.15) is 36.8 Å². The van der Waals surface area contributed by atoms with E-state index in [4.69, 9.17) is 21.1 Å². The van der Waals surface area contributed by atoms with Crippen molar-refractivity contribution in [3.8, 4) is 17.0 Å². The first kappa shape index (κ1) is 23.3. The van der Waals surface area contributed by atoms with Gasteiger partial charge in [-0.25, -0.2) is 19.0 Å². The van der Waals surface area contributed by atoms with Gasteiger partial charge in [0.05, 0.1) is 11.7 Å². The number of aromatic nitrogens is 1. The first-order valence-electron chi connectivity index (χ1n) is 10.6. The molecule has 0 aliphatic carbocycles. The number of carbonyl (C=O) groups is 2. The minimum absolute atomic E-state index is 0.0150. The lowest BCUT2D eigenvalue weighted by Gasteiger charge is -2.40. The molecule has 0 bridgehead atoms. The number of amides is 1. The number of pyridine rings is 1. The molecule has 3 heterocycles. The highest BCUT2D eigenvalue weighted by molar-refractivity contribution is 6.34. The maximum absolute atomic E-state index is 14.4. The van der Waals surface area contributed by atoms with Gasteiger partial charge in [0.15, 0.2) is 5.69 Å². The molecule has 4 rings (SSSR count). The Kier molecular flexibility index (Phi) is 6.20. The summed E-state index contributed by atoms with van der Waals surface area (Å²) in [6.45, 7) is 7.11. The zero-order valence-corrected chi connectivity index (χ0v) is 19.4. The van der Waals surface area contributed by atoms with Gasteiger partial charge in [-0.2, -0.15) is 0 Å². The van der Waals surface area contributed by atoms with Crippen LogP contribution in [0.5, 0.6) is 5.75 Å². The van der Waals surface area contributed by atoms with E-state index in [1.165, 1.54) is 18.2 Å². The molecule has 2 aliphatic rings. The largest absolute Gasteiger partial charge is 0.490 e. The third kappa shape index (κ3) is 4.74. The van der Waals surface area contributed by atoms with Crippen molar-refractivity contribution in [2.24, 2.45) is 0 Å². The molecule has 2 aromatic rings. The number of carbonyl (C=O) groups excluding carboxylic acids is 1. The lowest BCUT2D eigenvalue weighted by atomic mass is 10.1. The van der Waals surface area contributed by atoms with E-state index in [1.54, 1.807) is 11.0 Å². The second-order valence-electron chi connectivity index (χ2n) is 9.08. The van der Waals surface area contributed by atoms with Gasteiger partial charge in [0.2, 0.25) is 0 Å². The number of carboxylic acids is 1. The highest BCUT2D eigenvalue weighted by Gasteiger charge is 2.37. The van der Waals surface area contributed by atoms with E-state index in [0.29, 0.717) is 25.2 Å². The zero-order valence-electron chi connectivity index (χ0n) is 18.6. The first-order valence-corrected chi connectivity index (χ1v) is 11.0. The number of carboxylic acid groups (broad SMARTS) is 1. The van der Waals surface area contributed by atoms with Crippen LogP contribution in [0.4, 0.5) is 9.18 Å². The Morgan fingerprint density at radius 3 is 2.67 bits per heavy atom. The number of halogens is 2. The molecule has 1 amide bonds. The molecule has 0 radical (unpaired) electrons. The van der Waals surface area contributed by atoms with Crippen molar-refractivity contribution in [2.45, 2.75) is 39.0 Å². The number of fused-ring (bicyclic) bond motifs is 2. The normalized spacial score (nSPS) is 18.6. The van der Waals surface area contributed by atoms with Crippen molar-refractivity contribution in [1.82, 2.24) is 14.8 Å². The van der Waals surface area contributed by atoms with Crippen molar-refractivity contribution < 1.29 is 28.6 Å². The fourth-order valence-electron chi connectivity index (χ4n) is 4.02. The van der Waals surface area contributed by atoms with Crippen molar-refractivity contribution in [2.75, 3.05) is 26.2 Å². The molecule has 0 unspecified atom stereocenters. The molecule has 1 fully saturated rings. The SMILES string of the molecule is CC(C)(C)OC(=O)N1CCN2Cc3c(C(=O)O)nc(-c4ccccc4F)c(Cl)c3OC[C@H]2C1. The van der Waals surface area contributed by atoms with Gasteiger partial charge in [-0.3, -0.25) is 4.90 Å². The van der Waals surface area contributed by atoms with Crippen LogP contribution in [0.25, 0.3) is 11.3 Å². The Morgan fingerprint density at radius 2 is 2.00 bits per heavy atom. The van der Waals surface area contributed by atoms with Gasteiger partial charge in [0.25, 0.3) is 0 Å². The standard InChI is InChI=1S/C23H25ClFN3O5/c1-23(2,3)33-22(31)28-9-8-27-11-15-19(21(29)30)26-18(14-6-4-5-7-16(14)25)17(24)20(15)32-12-13(27)10-28/h4-7,13H,8-12H2,1-3H3,(H,29,30)/t13-/m1/s1. The molecule has 0 saturated carbocycles. The summed E-state index contributed by atoms with van der Waals surface area (Å²) < 4.78 is 25.9. The highest BCUT2D eigenvalue weighted by atomic mass is 35.5. The van der Waals surface area contributed by atoms with Crippen LogP contribution >= 0.6 is 11.6 Å². The smallest absolute Gasteiger partial charge is 0.410 e. The Bertz CT molecular complexity index is 1100. The number of aromatic carboxylic acids is 1. The maximum atomic E-state index is 14.4. The number of piperazine rings is 1. The molecule has 10 heteroatoms. The van der Waals surface area contributed by atoms with Crippen LogP contribution < -0.4 is 4.74 Å². The van der Waals surface area contributed by atoms with E-state index in [0.717, 1.165) is 0 Å². The Morgan fingerprint density at radius 1 is 1.27 bits per heavy atom. The third-order valence-corrected chi connectivity index (χ3v) is 5.91. The summed E-state index contributed by atoms with van der Waals surface area (Å²) in [5.41, 5.74) is -0.400. The first-order chi connectivity index (χ1) is 15.5. The molecule has 176 valence electrons. The van der Waals surface area contributed by atoms with Crippen LogP contribution in [-0.2, 0) is 11.3 Å². The number of rotatable bonds is 2. The molecule has 0 spiro atoms. The maximum Gasteiger partial charge on any atom is 0.410 e. The van der Waals surface area contributed by atoms with Crippen LogP contribution in [-0.4, -0.2) is 69.8 Å². The highest BCUT2D eigenvalue weighted by Crippen LogP contribution is 2.41. The van der Waals surface area contributed by atoms with E-state index >= 15 is 0 Å². The summed E-state index contributed by atoms with van der Waals surface area (Å²) in [5.74, 6) is -1.64. The molecule has 1 atom stereocenters. The second-order valence-corrected chi connectivity index (χ2v) is 9.46. The number of hydrogen-bond acceptors (Lipinski definition) is 6. The van der Waals surface area contributed by atoms with E-state index in [2.05, 4.69) is 4.98 Å². The van der Waals surface area contributed by atoms with Gasteiger partial charge in [0.1, 0.15) is 28.8 Å². The van der Waals surface area contributed by atoms with E-state index in [1.807, 2.05) is 25.7 Å². The van der Waals surface area contributed by atoms with Crippen LogP contribution in [0.2, 0.25) is 5.02 Å². The summed E-state index contributed by atoms with van der Waals surface area (Å²) in [6, 6.07) is 5.69. The third-order valence-electron chi connectivity index (χ3n) is 5.56. The fourth-order valence-corrected chi connectivity index (χ4v) is 4.33. The molecular weight excluding hydrogens is 453 g/mol. The van der Waals surface area contributed by atoms with E-state index in [9.17, 15) is 19.1 Å². The number of ether oxygens (including phenoxy) is 2. The molecule has 33 heavy (non-hydrogen) atoms. The quantitative estimate of drug-likeness (QED) is 0.697. The second kappa shape index (κ2) is 8.79. The molecule has 1 saturated heterocycles. The van der Waals surface area contributed by atoms with Gasteiger partial charge in [0, 0.05) is 37.3 Å². The summed E-state index contributed by atoms with van der Waals surface area (Å²) in [6.07, 6.45) is -0.406. The van der Waals surface area contributed by atoms with Crippen LogP contribution in [0.3, 0.4) is 0 Å². The summed E-state index contributed by atoms with van der Waals surface area (Å²) in [7, 11) is 0. The molecule has 2 aliphatic heterocycles. The minimum atomic E-state index is -1.25. The molecular formula is C23H25ClFN3O5. The summed E-state index contributed by atoms with van der Waals surface area (Å²) in [4.78, 5) is 32.5. The Balaban J connectivity index is 1.67. The van der Waals surface area contributed by atoms with Crippen molar-refractivity contribution in [3.05, 3.63) is 46.4 Å². The lowest BCUT2D eigenvalue weighted by molar-refractivity contribution is -0.00155. The molecule has 1 aromatic carbocycles. The average molecular weight is 478 g/mol. The van der Waals surface area contributed by atoms with E-state index in [-0.39, 0.29) is 46.9 Å². The van der Waals surface area contributed by atoms with Gasteiger partial charge in [-0.1, -0.05) is 23.7 Å². The Labute approximate surface area is 195 Å². The fraction of sp³-hybridized carbons (Fsp3) is 0.435. The minimum Gasteiger partial charge on any atom is -0.490 e. The monoisotopic (exact) mass is 477 g/mol. The molecule has 1 N–H and O–H groups in total. The van der Waals surface area contributed by atoms with Gasteiger partial charge in [-0.15, -0.1) is 0 Å². The predicted octanol–water partition coefficient (Wildman–Crippen LogP) is 4.05. The van der Waals surface area contributed by atoms with Crippen LogP contribution in [0.15, 0.2) is 24.3 Å². The van der Waals surface area contributed by atoms with Crippen molar-refractivity contribution in [3.63, 3.8) is 0 Å².